The van der Waals surface area contributed by atoms with Gasteiger partial charge in [-0.25, -0.2) is 0 Å². The molecule has 1 aromatic carbocycles. The Morgan fingerprint density at radius 2 is 1.88 bits per heavy atom. The van der Waals surface area contributed by atoms with Crippen molar-refractivity contribution in [3.63, 3.8) is 0 Å². The van der Waals surface area contributed by atoms with Crippen molar-refractivity contribution in [1.29, 1.82) is 0 Å². The van der Waals surface area contributed by atoms with Gasteiger partial charge < -0.3 is 10.3 Å². The van der Waals surface area contributed by atoms with Crippen molar-refractivity contribution in [2.75, 3.05) is 26.2 Å². The third-order valence-electron chi connectivity index (χ3n) is 3.28. The number of H-pyrrole nitrogens is 1. The molecule has 2 N–H and O–H groups in total. The normalized spacial score (nSPS) is 16.9. The van der Waals surface area contributed by atoms with Crippen LogP contribution in [0.5, 0.6) is 0 Å². The summed E-state index contributed by atoms with van der Waals surface area (Å²) in [6, 6.07) is 8.52. The van der Waals surface area contributed by atoms with Gasteiger partial charge >= 0.3 is 0 Å². The van der Waals surface area contributed by atoms with Gasteiger partial charge in [-0.2, -0.15) is 0 Å². The maximum atomic E-state index is 3.38. The molecule has 1 saturated heterocycles. The molecule has 92 valence electrons. The largest absolute Gasteiger partial charge is 0.361 e. The summed E-state index contributed by atoms with van der Waals surface area (Å²) in [7, 11) is 0. The van der Waals surface area contributed by atoms with Gasteiger partial charge in [0.1, 0.15) is 0 Å². The number of piperazine rings is 1. The van der Waals surface area contributed by atoms with Gasteiger partial charge in [-0.05, 0) is 11.6 Å². The Kier molecular flexibility index (Phi) is 4.05. The second kappa shape index (κ2) is 5.54. The van der Waals surface area contributed by atoms with Crippen LogP contribution in [0.3, 0.4) is 0 Å². The summed E-state index contributed by atoms with van der Waals surface area (Å²) in [6.45, 7) is 5.59. The lowest BCUT2D eigenvalue weighted by atomic mass is 10.1. The number of aromatic nitrogens is 1. The second-order valence-electron chi connectivity index (χ2n) is 4.39. The second-order valence-corrected chi connectivity index (χ2v) is 4.39. The lowest BCUT2D eigenvalue weighted by Crippen LogP contribution is -2.42. The van der Waals surface area contributed by atoms with E-state index in [1.165, 1.54) is 16.5 Å². The van der Waals surface area contributed by atoms with E-state index in [1.807, 2.05) is 0 Å². The van der Waals surface area contributed by atoms with Crippen molar-refractivity contribution in [1.82, 2.24) is 15.2 Å². The highest BCUT2D eigenvalue weighted by atomic mass is 35.5. The standard InChI is InChI=1S/C13H17N3.ClH/c1-2-4-13-12(3-1)11(9-15-13)10-16-7-5-14-6-8-16;/h1-4,9,14-15H,5-8,10H2;1H. The van der Waals surface area contributed by atoms with Gasteiger partial charge in [0.25, 0.3) is 0 Å². The molecule has 17 heavy (non-hydrogen) atoms. The summed E-state index contributed by atoms with van der Waals surface area (Å²) >= 11 is 0. The Hall–Kier alpha value is -1.03. The first kappa shape index (κ1) is 12.4. The van der Waals surface area contributed by atoms with Gasteiger partial charge in [0, 0.05) is 49.8 Å². The molecule has 0 spiro atoms. The van der Waals surface area contributed by atoms with Crippen LogP contribution in [0.4, 0.5) is 0 Å². The number of benzene rings is 1. The first-order chi connectivity index (χ1) is 7.93. The fourth-order valence-electron chi connectivity index (χ4n) is 2.37. The molecule has 0 unspecified atom stereocenters. The predicted molar refractivity (Wildman–Crippen MR) is 73.7 cm³/mol. The van der Waals surface area contributed by atoms with Crippen LogP contribution in [0.15, 0.2) is 30.5 Å². The van der Waals surface area contributed by atoms with Gasteiger partial charge in [0.05, 0.1) is 0 Å². The van der Waals surface area contributed by atoms with Crippen molar-refractivity contribution in [2.45, 2.75) is 6.54 Å². The Labute approximate surface area is 108 Å². The average molecular weight is 252 g/mol. The predicted octanol–water partition coefficient (Wildman–Crippen LogP) is 1.99. The number of nitrogens with zero attached hydrogens (tertiary/aromatic N) is 1. The first-order valence-electron chi connectivity index (χ1n) is 5.91. The summed E-state index contributed by atoms with van der Waals surface area (Å²) in [4.78, 5) is 5.84. The minimum Gasteiger partial charge on any atom is -0.361 e. The van der Waals surface area contributed by atoms with Crippen molar-refractivity contribution in [2.24, 2.45) is 0 Å². The Morgan fingerprint density at radius 3 is 2.71 bits per heavy atom. The molecule has 3 rings (SSSR count). The lowest BCUT2D eigenvalue weighted by molar-refractivity contribution is 0.234. The van der Waals surface area contributed by atoms with Crippen LogP contribution in [-0.4, -0.2) is 36.1 Å². The van der Waals surface area contributed by atoms with E-state index in [1.54, 1.807) is 0 Å². The summed E-state index contributed by atoms with van der Waals surface area (Å²) < 4.78 is 0. The van der Waals surface area contributed by atoms with E-state index in [4.69, 9.17) is 0 Å². The SMILES string of the molecule is Cl.c1ccc2c(CN3CCNCC3)c[nH]c2c1. The van der Waals surface area contributed by atoms with Crippen molar-refractivity contribution < 1.29 is 0 Å². The van der Waals surface area contributed by atoms with Crippen LogP contribution in [0, 0.1) is 0 Å². The monoisotopic (exact) mass is 251 g/mol. The highest BCUT2D eigenvalue weighted by molar-refractivity contribution is 5.85. The van der Waals surface area contributed by atoms with Gasteiger partial charge in [-0.15, -0.1) is 12.4 Å². The number of aromatic amines is 1. The highest BCUT2D eigenvalue weighted by Gasteiger charge is 2.11. The van der Waals surface area contributed by atoms with E-state index in [0.717, 1.165) is 32.7 Å². The average Bonchev–Trinajstić information content (AvgIpc) is 2.74. The van der Waals surface area contributed by atoms with Crippen LogP contribution in [0.25, 0.3) is 10.9 Å². The number of para-hydroxylation sites is 1. The smallest absolute Gasteiger partial charge is 0.0457 e. The molecule has 2 heterocycles. The first-order valence-corrected chi connectivity index (χ1v) is 5.91. The molecule has 0 atom stereocenters. The molecule has 0 saturated carbocycles. The number of hydrogen-bond acceptors (Lipinski definition) is 2. The number of halogens is 1. The van der Waals surface area contributed by atoms with Crippen LogP contribution in [0.1, 0.15) is 5.56 Å². The molecular formula is C13H18ClN3. The summed E-state index contributed by atoms with van der Waals surface area (Å²) in [5.74, 6) is 0. The molecule has 0 bridgehead atoms. The molecular weight excluding hydrogens is 234 g/mol. The van der Waals surface area contributed by atoms with E-state index in [0.29, 0.717) is 0 Å². The fraction of sp³-hybridized carbons (Fsp3) is 0.385. The quantitative estimate of drug-likeness (QED) is 0.856. The Balaban J connectivity index is 0.00000108. The Bertz CT molecular complexity index is 474. The summed E-state index contributed by atoms with van der Waals surface area (Å²) in [6.07, 6.45) is 2.15. The van der Waals surface area contributed by atoms with Crippen LogP contribution in [0.2, 0.25) is 0 Å². The summed E-state index contributed by atoms with van der Waals surface area (Å²) in [5.41, 5.74) is 2.66. The zero-order valence-corrected chi connectivity index (χ0v) is 10.6. The maximum absolute atomic E-state index is 3.38. The van der Waals surface area contributed by atoms with E-state index in [9.17, 15) is 0 Å². The topological polar surface area (TPSA) is 31.1 Å². The van der Waals surface area contributed by atoms with Crippen molar-refractivity contribution >= 4 is 23.3 Å². The molecule has 0 aliphatic carbocycles. The molecule has 0 amide bonds. The van der Waals surface area contributed by atoms with Crippen molar-refractivity contribution in [3.8, 4) is 0 Å². The number of hydrogen-bond donors (Lipinski definition) is 2. The third-order valence-corrected chi connectivity index (χ3v) is 3.28. The molecule has 3 nitrogen and oxygen atoms in total. The molecule has 1 aromatic heterocycles. The van der Waals surface area contributed by atoms with Crippen LogP contribution in [-0.2, 0) is 6.54 Å². The molecule has 2 aromatic rings. The number of fused-ring (bicyclic) bond motifs is 1. The molecule has 1 fully saturated rings. The van der Waals surface area contributed by atoms with Gasteiger partial charge in [0.2, 0.25) is 0 Å². The van der Waals surface area contributed by atoms with E-state index >= 15 is 0 Å². The van der Waals surface area contributed by atoms with Crippen molar-refractivity contribution in [3.05, 3.63) is 36.0 Å². The van der Waals surface area contributed by atoms with E-state index in [2.05, 4.69) is 45.7 Å². The van der Waals surface area contributed by atoms with E-state index < -0.39 is 0 Å². The Morgan fingerprint density at radius 1 is 1.12 bits per heavy atom. The maximum Gasteiger partial charge on any atom is 0.0457 e. The van der Waals surface area contributed by atoms with Crippen LogP contribution < -0.4 is 5.32 Å². The van der Waals surface area contributed by atoms with Gasteiger partial charge in [0.15, 0.2) is 0 Å². The zero-order valence-electron chi connectivity index (χ0n) is 9.78. The molecule has 1 aliphatic rings. The molecule has 1 aliphatic heterocycles. The van der Waals surface area contributed by atoms with Crippen LogP contribution >= 0.6 is 12.4 Å². The molecule has 4 heteroatoms. The number of nitrogens with one attached hydrogen (secondary N) is 2. The minimum absolute atomic E-state index is 0. The third kappa shape index (κ3) is 2.63. The fourth-order valence-corrected chi connectivity index (χ4v) is 2.37. The zero-order chi connectivity index (χ0) is 10.8. The number of rotatable bonds is 2. The van der Waals surface area contributed by atoms with Gasteiger partial charge in [-0.3, -0.25) is 4.90 Å². The van der Waals surface area contributed by atoms with E-state index in [-0.39, 0.29) is 12.4 Å². The highest BCUT2D eigenvalue weighted by Crippen LogP contribution is 2.19. The lowest BCUT2D eigenvalue weighted by Gasteiger charge is -2.26. The molecule has 0 radical (unpaired) electrons. The van der Waals surface area contributed by atoms with Gasteiger partial charge in [-0.1, -0.05) is 18.2 Å². The summed E-state index contributed by atoms with van der Waals surface area (Å²) in [5, 5.41) is 4.74. The minimum atomic E-state index is 0.